The van der Waals surface area contributed by atoms with Gasteiger partial charge in [0.15, 0.2) is 5.82 Å². The minimum atomic E-state index is -0.573. The summed E-state index contributed by atoms with van der Waals surface area (Å²) in [6.45, 7) is 4.41. The van der Waals surface area contributed by atoms with Gasteiger partial charge in [0, 0.05) is 23.1 Å². The molecule has 0 amide bonds. The van der Waals surface area contributed by atoms with Gasteiger partial charge in [-0.2, -0.15) is 0 Å². The van der Waals surface area contributed by atoms with E-state index in [0.717, 1.165) is 34.3 Å². The van der Waals surface area contributed by atoms with E-state index in [-0.39, 0.29) is 0 Å². The quantitative estimate of drug-likeness (QED) is 0.518. The lowest BCUT2D eigenvalue weighted by Crippen LogP contribution is -2.47. The first-order valence-electron chi connectivity index (χ1n) is 11.7. The zero-order valence-corrected chi connectivity index (χ0v) is 18.5. The van der Waals surface area contributed by atoms with Crippen LogP contribution in [0.15, 0.2) is 36.4 Å². The van der Waals surface area contributed by atoms with Gasteiger partial charge in [-0.15, -0.1) is 0 Å². The number of benzene rings is 2. The van der Waals surface area contributed by atoms with E-state index in [4.69, 9.17) is 9.97 Å². The molecule has 0 radical (unpaired) electrons. The van der Waals surface area contributed by atoms with E-state index in [1.165, 1.54) is 31.7 Å². The minimum absolute atomic E-state index is 0.397. The summed E-state index contributed by atoms with van der Waals surface area (Å²) in [6, 6.07) is 8.90. The highest BCUT2D eigenvalue weighted by molar-refractivity contribution is 5.94. The van der Waals surface area contributed by atoms with Crippen molar-refractivity contribution in [3.8, 4) is 0 Å². The number of rotatable bonds is 3. The molecular formula is C27H27F2N3. The van der Waals surface area contributed by atoms with Crippen LogP contribution in [0.2, 0.25) is 0 Å². The summed E-state index contributed by atoms with van der Waals surface area (Å²) in [5, 5.41) is 4.82. The van der Waals surface area contributed by atoms with Crippen molar-refractivity contribution in [1.29, 1.82) is 0 Å². The highest BCUT2D eigenvalue weighted by Gasteiger charge is 2.41. The van der Waals surface area contributed by atoms with Crippen LogP contribution < -0.4 is 5.32 Å². The Morgan fingerprint density at radius 1 is 1.00 bits per heavy atom. The molecule has 2 bridgehead atoms. The van der Waals surface area contributed by atoms with Gasteiger partial charge >= 0.3 is 0 Å². The van der Waals surface area contributed by atoms with Crippen molar-refractivity contribution in [2.24, 2.45) is 17.8 Å². The summed E-state index contributed by atoms with van der Waals surface area (Å²) >= 11 is 0. The summed E-state index contributed by atoms with van der Waals surface area (Å²) in [5.41, 5.74) is 3.75. The molecule has 3 fully saturated rings. The molecule has 1 heterocycles. The number of para-hydroxylation sites is 1. The molecule has 1 aromatic heterocycles. The van der Waals surface area contributed by atoms with Gasteiger partial charge in [0.05, 0.1) is 5.52 Å². The first-order valence-corrected chi connectivity index (χ1v) is 11.7. The van der Waals surface area contributed by atoms with Crippen LogP contribution >= 0.6 is 0 Å². The highest BCUT2D eigenvalue weighted by Crippen LogP contribution is 2.46. The van der Waals surface area contributed by atoms with Crippen LogP contribution in [-0.2, 0) is 6.42 Å². The topological polar surface area (TPSA) is 37.8 Å². The predicted octanol–water partition coefficient (Wildman–Crippen LogP) is 6.44. The number of hydrogen-bond acceptors (Lipinski definition) is 3. The van der Waals surface area contributed by atoms with Crippen molar-refractivity contribution in [2.45, 2.75) is 52.0 Å². The number of aryl methyl sites for hydroxylation is 1. The monoisotopic (exact) mass is 431 g/mol. The summed E-state index contributed by atoms with van der Waals surface area (Å²) < 4.78 is 28.4. The number of nitrogens with zero attached hydrogens (tertiary/aromatic N) is 2. The maximum absolute atomic E-state index is 14.3. The summed E-state index contributed by atoms with van der Waals surface area (Å²) in [6.07, 6.45) is 7.57. The second-order valence-corrected chi connectivity index (χ2v) is 9.81. The van der Waals surface area contributed by atoms with E-state index >= 15 is 0 Å². The van der Waals surface area contributed by atoms with E-state index < -0.39 is 11.6 Å². The van der Waals surface area contributed by atoms with Crippen LogP contribution in [0.5, 0.6) is 0 Å². The molecule has 2 atom stereocenters. The Kier molecular flexibility index (Phi) is 4.56. The molecule has 2 unspecified atom stereocenters. The fraction of sp³-hybridized carbons (Fsp3) is 0.407. The number of hydrogen-bond donors (Lipinski definition) is 1. The molecule has 0 aliphatic heterocycles. The van der Waals surface area contributed by atoms with Crippen LogP contribution in [0.3, 0.4) is 0 Å². The van der Waals surface area contributed by atoms with Gasteiger partial charge in [-0.25, -0.2) is 18.7 Å². The molecule has 0 spiro atoms. The zero-order chi connectivity index (χ0) is 22.0. The van der Waals surface area contributed by atoms with Crippen molar-refractivity contribution in [2.75, 3.05) is 5.32 Å². The Bertz CT molecular complexity index is 1260. The summed E-state index contributed by atoms with van der Waals surface area (Å²) in [5.74, 6) is 2.35. The normalized spacial score (nSPS) is 26.3. The van der Waals surface area contributed by atoms with Crippen molar-refractivity contribution in [3.05, 3.63) is 70.6 Å². The second-order valence-electron chi connectivity index (χ2n) is 9.81. The highest BCUT2D eigenvalue weighted by atomic mass is 19.1. The molecule has 7 rings (SSSR count). The number of aromatic nitrogens is 2. The van der Waals surface area contributed by atoms with Crippen LogP contribution in [-0.4, -0.2) is 16.0 Å². The van der Waals surface area contributed by atoms with Crippen LogP contribution in [0.4, 0.5) is 14.6 Å². The minimum Gasteiger partial charge on any atom is -0.366 e. The third-order valence-electron chi connectivity index (χ3n) is 8.07. The van der Waals surface area contributed by atoms with Crippen molar-refractivity contribution in [3.63, 3.8) is 0 Å². The first kappa shape index (κ1) is 19.8. The molecule has 164 valence electrons. The van der Waals surface area contributed by atoms with E-state index in [2.05, 4.69) is 18.3 Å². The van der Waals surface area contributed by atoms with E-state index in [1.54, 1.807) is 0 Å². The third-order valence-corrected chi connectivity index (χ3v) is 8.07. The van der Waals surface area contributed by atoms with Gasteiger partial charge in [-0.05, 0) is 85.6 Å². The van der Waals surface area contributed by atoms with E-state index in [1.807, 2.05) is 25.1 Å². The average Bonchev–Trinajstić information content (AvgIpc) is 3.21. The van der Waals surface area contributed by atoms with Gasteiger partial charge in [-0.1, -0.05) is 25.1 Å². The zero-order valence-electron chi connectivity index (χ0n) is 18.5. The lowest BCUT2D eigenvalue weighted by Gasteiger charge is -2.47. The third kappa shape index (κ3) is 3.05. The molecule has 5 heteroatoms. The van der Waals surface area contributed by atoms with Gasteiger partial charge < -0.3 is 5.32 Å². The van der Waals surface area contributed by atoms with E-state index in [9.17, 15) is 8.78 Å². The maximum Gasteiger partial charge on any atom is 0.162 e. The number of anilines is 1. The fourth-order valence-corrected chi connectivity index (χ4v) is 6.26. The smallest absolute Gasteiger partial charge is 0.162 e. The largest absolute Gasteiger partial charge is 0.366 e. The Labute approximate surface area is 187 Å². The van der Waals surface area contributed by atoms with Crippen molar-refractivity contribution >= 4 is 22.3 Å². The molecule has 3 saturated carbocycles. The van der Waals surface area contributed by atoms with Crippen LogP contribution in [0.25, 0.3) is 16.5 Å². The van der Waals surface area contributed by atoms with Crippen LogP contribution in [0, 0.1) is 36.3 Å². The number of halogens is 2. The molecule has 1 N–H and O–H groups in total. The Morgan fingerprint density at radius 2 is 1.78 bits per heavy atom. The Balaban J connectivity index is 1.47. The second kappa shape index (κ2) is 7.36. The summed E-state index contributed by atoms with van der Waals surface area (Å²) in [4.78, 5) is 9.83. The predicted molar refractivity (Wildman–Crippen MR) is 123 cm³/mol. The lowest BCUT2D eigenvalue weighted by molar-refractivity contribution is 0.0928. The molecule has 4 aliphatic carbocycles. The number of allylic oxidation sites excluding steroid dienone is 1. The number of fused-ring (bicyclic) bond motifs is 5. The molecule has 0 saturated heterocycles. The molecule has 4 aliphatic rings. The van der Waals surface area contributed by atoms with Crippen molar-refractivity contribution < 1.29 is 8.78 Å². The molecule has 3 nitrogen and oxygen atoms in total. The lowest BCUT2D eigenvalue weighted by atomic mass is 9.62. The maximum atomic E-state index is 14.3. The first-order chi connectivity index (χ1) is 15.5. The van der Waals surface area contributed by atoms with Crippen molar-refractivity contribution in [1.82, 2.24) is 9.97 Å². The van der Waals surface area contributed by atoms with Crippen LogP contribution in [0.1, 0.15) is 55.1 Å². The standard InChI is InChI=1S/C27H27F2N3/c1-14-4-3-5-21-24(14)30-26(20-11-10-19-22(20)12-18(28)13-23(19)29)32-27(21)31-25-15(2)16-6-8-17(25)9-7-16/h3-5,11-13,15-17,25H,6-10H2,1-2H3,(H,30,31,32). The Hall–Kier alpha value is -2.82. The molecule has 2 aromatic carbocycles. The fourth-order valence-electron chi connectivity index (χ4n) is 6.26. The SMILES string of the molecule is Cc1cccc2c(NC3C4CCC(CC4)C3C)nc(C3=CCc4c(F)cc(F)cc43)nc12. The van der Waals surface area contributed by atoms with Gasteiger partial charge in [-0.3, -0.25) is 0 Å². The van der Waals surface area contributed by atoms with Gasteiger partial charge in [0.2, 0.25) is 0 Å². The summed E-state index contributed by atoms with van der Waals surface area (Å²) in [7, 11) is 0. The average molecular weight is 432 g/mol. The van der Waals surface area contributed by atoms with E-state index in [0.29, 0.717) is 46.8 Å². The van der Waals surface area contributed by atoms with Gasteiger partial charge in [0.1, 0.15) is 17.5 Å². The van der Waals surface area contributed by atoms with Gasteiger partial charge in [0.25, 0.3) is 0 Å². The molecular weight excluding hydrogens is 404 g/mol. The number of nitrogens with one attached hydrogen (secondary N) is 1. The Morgan fingerprint density at radius 3 is 2.56 bits per heavy atom. The molecule has 3 aromatic rings. The molecule has 32 heavy (non-hydrogen) atoms.